The molecule has 2 aliphatic heterocycles. The number of nitrogens with zero attached hydrogens (tertiary/aromatic N) is 3. The van der Waals surface area contributed by atoms with E-state index in [4.69, 9.17) is 19.2 Å². The van der Waals surface area contributed by atoms with E-state index < -0.39 is 56.7 Å². The Morgan fingerprint density at radius 1 is 0.948 bits per heavy atom. The van der Waals surface area contributed by atoms with Gasteiger partial charge in [0.25, 0.3) is 17.5 Å². The predicted molar refractivity (Wildman–Crippen MR) is 212 cm³/mol. The number of carbonyl (C=O) groups is 4. The van der Waals surface area contributed by atoms with Gasteiger partial charge in [-0.05, 0) is 94.1 Å². The summed E-state index contributed by atoms with van der Waals surface area (Å²) < 4.78 is 47.8. The van der Waals surface area contributed by atoms with Crippen LogP contribution in [0.5, 0.6) is 11.8 Å². The molecule has 3 heterocycles. The molecule has 5 fully saturated rings. The first-order valence-electron chi connectivity index (χ1n) is 21.5. The average molecular weight is 824 g/mol. The van der Waals surface area contributed by atoms with Crippen LogP contribution in [0.4, 0.5) is 0 Å². The molecule has 58 heavy (non-hydrogen) atoms. The summed E-state index contributed by atoms with van der Waals surface area (Å²) in [4.78, 5) is 77.4. The van der Waals surface area contributed by atoms with Crippen LogP contribution in [0.15, 0.2) is 23.0 Å². The number of hydrogen-bond acceptors (Lipinski definition) is 11. The quantitative estimate of drug-likeness (QED) is 0.364. The molecule has 2 aromatic rings. The molecular formula is C42H57N5O10S. The van der Waals surface area contributed by atoms with Gasteiger partial charge in [0.15, 0.2) is 0 Å². The SMILES string of the molecule is CC[C@H]1C[C@]1(NC(=O)[C@@H]1C[C@@H]2CN1C(=O)[C@H](C1CCCC1)CC(=O)O[C@@H]1CCC[C@H]1CCCCCn1c(nc3c(OC)cccc3c1=O)O2)C(=O)NS(=O)(=O)C1CC1. The Morgan fingerprint density at radius 2 is 1.69 bits per heavy atom. The van der Waals surface area contributed by atoms with Crippen LogP contribution in [0.1, 0.15) is 116 Å². The number of rotatable bonds is 8. The van der Waals surface area contributed by atoms with E-state index in [2.05, 4.69) is 10.0 Å². The van der Waals surface area contributed by atoms with Gasteiger partial charge in [-0.2, -0.15) is 4.98 Å². The molecule has 15 nitrogen and oxygen atoms in total. The van der Waals surface area contributed by atoms with E-state index >= 15 is 0 Å². The molecule has 0 unspecified atom stereocenters. The molecule has 6 aliphatic rings. The standard InChI is InChI=1S/C42H57N5O10S/c1-3-27-23-42(27,40(52)45-58(53,54)29-18-19-29)44-37(49)32-21-28-24-47(32)39(51)31(25-11-6-7-12-25)22-35(48)57-33-16-9-14-26(33)13-5-4-8-20-46-38(50)30-15-10-17-34(55-2)36(30)43-41(46)56-28/h10,15,17,25-29,31-33H,3-9,11-14,16,18-24H2,1-2H3,(H,44,49)(H,45,52)/t26-,27+,28-,31+,32+,33-,42-/m1/s1. The normalized spacial score (nSPS) is 31.0. The molecular weight excluding hydrogens is 767 g/mol. The molecule has 8 rings (SSSR count). The van der Waals surface area contributed by atoms with Crippen LogP contribution in [0, 0.1) is 23.7 Å². The third-order valence-corrected chi connectivity index (χ3v) is 15.6. The highest BCUT2D eigenvalue weighted by atomic mass is 32.2. The van der Waals surface area contributed by atoms with E-state index in [1.54, 1.807) is 18.2 Å². The number of ether oxygens (including phenoxy) is 3. The number of fused-ring (bicyclic) bond motifs is 5. The number of aromatic nitrogens is 2. The number of para-hydroxylation sites is 1. The van der Waals surface area contributed by atoms with E-state index in [1.807, 2.05) is 6.92 Å². The number of methoxy groups -OCH3 is 1. The number of hydrogen-bond donors (Lipinski definition) is 2. The summed E-state index contributed by atoms with van der Waals surface area (Å²) in [7, 11) is -2.38. The summed E-state index contributed by atoms with van der Waals surface area (Å²) in [5, 5.41) is 2.67. The summed E-state index contributed by atoms with van der Waals surface area (Å²) in [6.07, 6.45) is 10.1. The van der Waals surface area contributed by atoms with Crippen molar-refractivity contribution < 1.29 is 41.8 Å². The van der Waals surface area contributed by atoms with Crippen molar-refractivity contribution in [2.24, 2.45) is 23.7 Å². The maximum Gasteiger partial charge on any atom is 0.306 e. The molecule has 0 spiro atoms. The summed E-state index contributed by atoms with van der Waals surface area (Å²) >= 11 is 0. The van der Waals surface area contributed by atoms with Crippen LogP contribution < -0.4 is 25.1 Å². The number of sulfonamides is 1. The second kappa shape index (κ2) is 16.4. The first-order valence-corrected chi connectivity index (χ1v) is 23.1. The highest BCUT2D eigenvalue weighted by Gasteiger charge is 2.62. The number of carbonyl (C=O) groups excluding carboxylic acids is 4. The van der Waals surface area contributed by atoms with Crippen LogP contribution in [0.25, 0.3) is 10.9 Å². The van der Waals surface area contributed by atoms with Gasteiger partial charge in [-0.1, -0.05) is 45.1 Å². The van der Waals surface area contributed by atoms with E-state index in [9.17, 15) is 32.4 Å². The summed E-state index contributed by atoms with van der Waals surface area (Å²) in [6.45, 7) is 2.17. The van der Waals surface area contributed by atoms with E-state index in [-0.39, 0.29) is 67.1 Å². The van der Waals surface area contributed by atoms with Crippen molar-refractivity contribution in [3.8, 4) is 11.8 Å². The Bertz CT molecular complexity index is 2100. The predicted octanol–water partition coefficient (Wildman–Crippen LogP) is 4.13. The minimum absolute atomic E-state index is 0.0118. The highest BCUT2D eigenvalue weighted by Crippen LogP contribution is 2.47. The van der Waals surface area contributed by atoms with Crippen molar-refractivity contribution in [2.45, 2.75) is 152 Å². The lowest BCUT2D eigenvalue weighted by Gasteiger charge is -2.32. The molecule has 1 saturated heterocycles. The topological polar surface area (TPSA) is 192 Å². The minimum Gasteiger partial charge on any atom is -0.494 e. The molecule has 4 saturated carbocycles. The van der Waals surface area contributed by atoms with Crippen molar-refractivity contribution in [1.29, 1.82) is 0 Å². The molecule has 3 amide bonds. The molecule has 316 valence electrons. The van der Waals surface area contributed by atoms with Gasteiger partial charge in [0.2, 0.25) is 21.8 Å². The van der Waals surface area contributed by atoms with Crippen LogP contribution in [0.2, 0.25) is 0 Å². The van der Waals surface area contributed by atoms with Crippen molar-refractivity contribution in [3.63, 3.8) is 0 Å². The Labute approximate surface area is 339 Å². The van der Waals surface area contributed by atoms with Gasteiger partial charge in [-0.3, -0.25) is 33.3 Å². The largest absolute Gasteiger partial charge is 0.494 e. The zero-order valence-corrected chi connectivity index (χ0v) is 34.4. The van der Waals surface area contributed by atoms with E-state index in [1.165, 1.54) is 16.6 Å². The zero-order chi connectivity index (χ0) is 40.8. The molecule has 7 atom stereocenters. The fourth-order valence-electron chi connectivity index (χ4n) is 10.2. The summed E-state index contributed by atoms with van der Waals surface area (Å²) in [5.74, 6) is -2.60. The number of nitrogens with one attached hydrogen (secondary N) is 2. The molecule has 16 heteroatoms. The van der Waals surface area contributed by atoms with Crippen molar-refractivity contribution >= 4 is 44.6 Å². The molecule has 0 radical (unpaired) electrons. The second-order valence-corrected chi connectivity index (χ2v) is 19.5. The molecule has 1 aromatic heterocycles. The van der Waals surface area contributed by atoms with Gasteiger partial charge < -0.3 is 24.4 Å². The Morgan fingerprint density at radius 3 is 2.41 bits per heavy atom. The smallest absolute Gasteiger partial charge is 0.306 e. The third-order valence-electron chi connectivity index (χ3n) is 13.8. The van der Waals surface area contributed by atoms with Gasteiger partial charge in [-0.25, -0.2) is 8.42 Å². The van der Waals surface area contributed by atoms with E-state index in [0.29, 0.717) is 48.9 Å². The van der Waals surface area contributed by atoms with E-state index in [0.717, 1.165) is 64.2 Å². The second-order valence-electron chi connectivity index (χ2n) is 17.6. The summed E-state index contributed by atoms with van der Waals surface area (Å²) in [6, 6.07) is 4.11. The van der Waals surface area contributed by atoms with Gasteiger partial charge in [0.1, 0.15) is 35.1 Å². The molecule has 1 aromatic carbocycles. The van der Waals surface area contributed by atoms with Crippen LogP contribution in [-0.4, -0.2) is 89.3 Å². The van der Waals surface area contributed by atoms with Crippen LogP contribution in [-0.2, 0) is 40.5 Å². The van der Waals surface area contributed by atoms with Crippen LogP contribution in [0.3, 0.4) is 0 Å². The Balaban J connectivity index is 1.15. The lowest BCUT2D eigenvalue weighted by Crippen LogP contribution is -2.57. The van der Waals surface area contributed by atoms with Gasteiger partial charge in [-0.15, -0.1) is 0 Å². The van der Waals surface area contributed by atoms with Crippen molar-refractivity contribution in [1.82, 2.24) is 24.5 Å². The Hall–Kier alpha value is -4.21. The Kier molecular flexibility index (Phi) is 11.5. The van der Waals surface area contributed by atoms with Crippen molar-refractivity contribution in [2.75, 3.05) is 13.7 Å². The maximum absolute atomic E-state index is 15.0. The monoisotopic (exact) mass is 823 g/mol. The average Bonchev–Trinajstić information content (AvgIpc) is 3.99. The molecule has 4 aliphatic carbocycles. The molecule has 2 N–H and O–H groups in total. The summed E-state index contributed by atoms with van der Waals surface area (Å²) in [5.41, 5.74) is -1.40. The fraction of sp³-hybridized carbons (Fsp3) is 0.714. The first-order chi connectivity index (χ1) is 27.9. The third kappa shape index (κ3) is 8.05. The fourth-order valence-corrected chi connectivity index (χ4v) is 11.6. The van der Waals surface area contributed by atoms with Gasteiger partial charge in [0.05, 0.1) is 36.6 Å². The maximum atomic E-state index is 15.0. The van der Waals surface area contributed by atoms with Crippen molar-refractivity contribution in [3.05, 3.63) is 28.6 Å². The van der Waals surface area contributed by atoms with Gasteiger partial charge in [0, 0.05) is 13.0 Å². The number of amides is 3. The zero-order valence-electron chi connectivity index (χ0n) is 33.6. The number of esters is 1. The van der Waals surface area contributed by atoms with Gasteiger partial charge >= 0.3 is 5.97 Å². The number of benzene rings is 1. The van der Waals surface area contributed by atoms with Crippen LogP contribution >= 0.6 is 0 Å². The minimum atomic E-state index is -3.88. The highest BCUT2D eigenvalue weighted by molar-refractivity contribution is 7.91. The first kappa shape index (κ1) is 40.6. The lowest BCUT2D eigenvalue weighted by atomic mass is 9.86. The molecule has 2 bridgehead atoms. The lowest BCUT2D eigenvalue weighted by molar-refractivity contribution is -0.156.